The van der Waals surface area contributed by atoms with Gasteiger partial charge in [0, 0.05) is 18.5 Å². The van der Waals surface area contributed by atoms with Gasteiger partial charge < -0.3 is 14.8 Å². The van der Waals surface area contributed by atoms with E-state index in [0.29, 0.717) is 11.6 Å². The van der Waals surface area contributed by atoms with Crippen LogP contribution in [-0.2, 0) is 13.0 Å². The van der Waals surface area contributed by atoms with Gasteiger partial charge in [0.2, 0.25) is 0 Å². The molecule has 0 aliphatic rings. The molecule has 2 aromatic rings. The van der Waals surface area contributed by atoms with Crippen molar-refractivity contribution in [3.8, 4) is 11.5 Å². The predicted molar refractivity (Wildman–Crippen MR) is 86.4 cm³/mol. The molecule has 0 radical (unpaired) electrons. The second kappa shape index (κ2) is 7.91. The number of halogens is 1. The van der Waals surface area contributed by atoms with E-state index in [2.05, 4.69) is 5.32 Å². The first-order chi connectivity index (χ1) is 10.2. The third kappa shape index (κ3) is 4.38. The molecular formula is C17H20ClNO2. The van der Waals surface area contributed by atoms with Crippen molar-refractivity contribution in [1.82, 2.24) is 5.32 Å². The Bertz CT molecular complexity index is 570. The van der Waals surface area contributed by atoms with Crippen molar-refractivity contribution in [2.75, 3.05) is 20.8 Å². The minimum absolute atomic E-state index is 0.590. The van der Waals surface area contributed by atoms with Crippen LogP contribution in [0.25, 0.3) is 0 Å². The largest absolute Gasteiger partial charge is 0.497 e. The standard InChI is InChI=1S/C17H20ClNO2/c1-19-12-14-4-3-5-16(18)17(14)21-11-10-13-6-8-15(20-2)9-7-13/h3-9,19H,10-12H2,1-2H3. The Morgan fingerprint density at radius 2 is 1.86 bits per heavy atom. The van der Waals surface area contributed by atoms with Gasteiger partial charge in [0.05, 0.1) is 18.7 Å². The lowest BCUT2D eigenvalue weighted by Crippen LogP contribution is -2.09. The molecule has 0 aliphatic carbocycles. The third-order valence-corrected chi connectivity index (χ3v) is 3.51. The van der Waals surface area contributed by atoms with E-state index in [1.165, 1.54) is 5.56 Å². The van der Waals surface area contributed by atoms with Crippen molar-refractivity contribution in [1.29, 1.82) is 0 Å². The maximum Gasteiger partial charge on any atom is 0.142 e. The fraction of sp³-hybridized carbons (Fsp3) is 0.294. The van der Waals surface area contributed by atoms with Gasteiger partial charge in [0.15, 0.2) is 0 Å². The average Bonchev–Trinajstić information content (AvgIpc) is 2.51. The Morgan fingerprint density at radius 1 is 1.10 bits per heavy atom. The molecule has 0 aromatic heterocycles. The number of hydrogen-bond acceptors (Lipinski definition) is 3. The summed E-state index contributed by atoms with van der Waals surface area (Å²) in [6.07, 6.45) is 0.828. The number of para-hydroxylation sites is 1. The van der Waals surface area contributed by atoms with Gasteiger partial charge in [-0.05, 0) is 30.8 Å². The Kier molecular flexibility index (Phi) is 5.90. The molecule has 4 heteroatoms. The zero-order valence-corrected chi connectivity index (χ0v) is 13.1. The third-order valence-electron chi connectivity index (χ3n) is 3.21. The Balaban J connectivity index is 1.96. The first kappa shape index (κ1) is 15.7. The summed E-state index contributed by atoms with van der Waals surface area (Å²) >= 11 is 6.22. The molecule has 0 amide bonds. The molecular weight excluding hydrogens is 286 g/mol. The molecule has 0 bridgehead atoms. The SMILES string of the molecule is CNCc1cccc(Cl)c1OCCc1ccc(OC)cc1. The van der Waals surface area contributed by atoms with Crippen molar-refractivity contribution < 1.29 is 9.47 Å². The van der Waals surface area contributed by atoms with E-state index in [0.717, 1.165) is 30.0 Å². The van der Waals surface area contributed by atoms with E-state index in [9.17, 15) is 0 Å². The quantitative estimate of drug-likeness (QED) is 0.846. The Labute approximate surface area is 130 Å². The predicted octanol–water partition coefficient (Wildman–Crippen LogP) is 3.69. The lowest BCUT2D eigenvalue weighted by atomic mass is 10.1. The summed E-state index contributed by atoms with van der Waals surface area (Å²) in [5.41, 5.74) is 2.28. The summed E-state index contributed by atoms with van der Waals surface area (Å²) < 4.78 is 11.0. The van der Waals surface area contributed by atoms with Crippen LogP contribution in [0.3, 0.4) is 0 Å². The van der Waals surface area contributed by atoms with Crippen molar-refractivity contribution in [3.05, 3.63) is 58.6 Å². The Hall–Kier alpha value is -1.71. The molecule has 0 unspecified atom stereocenters. The van der Waals surface area contributed by atoms with Gasteiger partial charge in [0.25, 0.3) is 0 Å². The summed E-state index contributed by atoms with van der Waals surface area (Å²) in [5.74, 6) is 1.63. The maximum atomic E-state index is 6.22. The molecule has 0 fully saturated rings. The average molecular weight is 306 g/mol. The minimum Gasteiger partial charge on any atom is -0.497 e. The van der Waals surface area contributed by atoms with Gasteiger partial charge in [-0.3, -0.25) is 0 Å². The van der Waals surface area contributed by atoms with E-state index in [1.807, 2.05) is 49.5 Å². The molecule has 0 spiro atoms. The normalized spacial score (nSPS) is 10.4. The van der Waals surface area contributed by atoms with Crippen LogP contribution in [0.1, 0.15) is 11.1 Å². The van der Waals surface area contributed by atoms with E-state index in [1.54, 1.807) is 7.11 Å². The zero-order valence-electron chi connectivity index (χ0n) is 12.4. The number of nitrogens with one attached hydrogen (secondary N) is 1. The highest BCUT2D eigenvalue weighted by Gasteiger charge is 2.07. The summed E-state index contributed by atoms with van der Waals surface area (Å²) in [6.45, 7) is 1.32. The van der Waals surface area contributed by atoms with Gasteiger partial charge in [-0.2, -0.15) is 0 Å². The van der Waals surface area contributed by atoms with Crippen LogP contribution in [0.2, 0.25) is 5.02 Å². The molecule has 1 N–H and O–H groups in total. The fourth-order valence-corrected chi connectivity index (χ4v) is 2.36. The smallest absolute Gasteiger partial charge is 0.142 e. The molecule has 2 rings (SSSR count). The number of rotatable bonds is 7. The molecule has 0 atom stereocenters. The molecule has 112 valence electrons. The van der Waals surface area contributed by atoms with Crippen LogP contribution in [0, 0.1) is 0 Å². The fourth-order valence-electron chi connectivity index (χ4n) is 2.11. The first-order valence-electron chi connectivity index (χ1n) is 6.92. The molecule has 0 saturated heterocycles. The second-order valence-corrected chi connectivity index (χ2v) is 5.11. The zero-order chi connectivity index (χ0) is 15.1. The van der Waals surface area contributed by atoms with Crippen LogP contribution in [-0.4, -0.2) is 20.8 Å². The topological polar surface area (TPSA) is 30.5 Å². The number of benzene rings is 2. The maximum absolute atomic E-state index is 6.22. The van der Waals surface area contributed by atoms with Crippen LogP contribution < -0.4 is 14.8 Å². The minimum atomic E-state index is 0.590. The van der Waals surface area contributed by atoms with Gasteiger partial charge in [-0.25, -0.2) is 0 Å². The summed E-state index contributed by atoms with van der Waals surface area (Å²) in [6, 6.07) is 13.8. The van der Waals surface area contributed by atoms with Gasteiger partial charge >= 0.3 is 0 Å². The van der Waals surface area contributed by atoms with Crippen molar-refractivity contribution in [2.45, 2.75) is 13.0 Å². The molecule has 2 aromatic carbocycles. The molecule has 21 heavy (non-hydrogen) atoms. The lowest BCUT2D eigenvalue weighted by Gasteiger charge is -2.13. The number of hydrogen-bond donors (Lipinski definition) is 1. The molecule has 3 nitrogen and oxygen atoms in total. The highest BCUT2D eigenvalue weighted by Crippen LogP contribution is 2.28. The van der Waals surface area contributed by atoms with E-state index in [4.69, 9.17) is 21.1 Å². The van der Waals surface area contributed by atoms with Crippen LogP contribution in [0.15, 0.2) is 42.5 Å². The first-order valence-corrected chi connectivity index (χ1v) is 7.30. The van der Waals surface area contributed by atoms with Crippen molar-refractivity contribution in [2.24, 2.45) is 0 Å². The van der Waals surface area contributed by atoms with E-state index in [-0.39, 0.29) is 0 Å². The number of methoxy groups -OCH3 is 1. The van der Waals surface area contributed by atoms with Gasteiger partial charge in [0.1, 0.15) is 11.5 Å². The highest BCUT2D eigenvalue weighted by atomic mass is 35.5. The summed E-state index contributed by atoms with van der Waals surface area (Å²) in [7, 11) is 3.57. The monoisotopic (exact) mass is 305 g/mol. The van der Waals surface area contributed by atoms with E-state index < -0.39 is 0 Å². The van der Waals surface area contributed by atoms with Crippen molar-refractivity contribution >= 4 is 11.6 Å². The van der Waals surface area contributed by atoms with Crippen LogP contribution >= 0.6 is 11.6 Å². The van der Waals surface area contributed by atoms with Crippen molar-refractivity contribution in [3.63, 3.8) is 0 Å². The van der Waals surface area contributed by atoms with Crippen LogP contribution in [0.5, 0.6) is 11.5 Å². The van der Waals surface area contributed by atoms with E-state index >= 15 is 0 Å². The second-order valence-electron chi connectivity index (χ2n) is 4.70. The number of ether oxygens (including phenoxy) is 2. The lowest BCUT2D eigenvalue weighted by molar-refractivity contribution is 0.318. The van der Waals surface area contributed by atoms with Crippen LogP contribution in [0.4, 0.5) is 0 Å². The molecule has 0 saturated carbocycles. The highest BCUT2D eigenvalue weighted by molar-refractivity contribution is 6.32. The molecule has 0 heterocycles. The molecule has 0 aliphatic heterocycles. The van der Waals surface area contributed by atoms with Gasteiger partial charge in [-0.1, -0.05) is 35.9 Å². The summed E-state index contributed by atoms with van der Waals surface area (Å²) in [4.78, 5) is 0. The van der Waals surface area contributed by atoms with Gasteiger partial charge in [-0.15, -0.1) is 0 Å². The summed E-state index contributed by atoms with van der Waals surface area (Å²) in [5, 5.41) is 3.77. The Morgan fingerprint density at radius 3 is 2.52 bits per heavy atom.